The van der Waals surface area contributed by atoms with Gasteiger partial charge in [-0.1, -0.05) is 0 Å². The van der Waals surface area contributed by atoms with E-state index in [1.165, 1.54) is 0 Å². The van der Waals surface area contributed by atoms with E-state index in [2.05, 4.69) is 0 Å². The Labute approximate surface area is 49.3 Å². The average Bonchev–Trinajstić information content (AvgIpc) is 2.13. The minimum absolute atomic E-state index is 0.213. The van der Waals surface area contributed by atoms with Crippen molar-refractivity contribution in [3.8, 4) is 0 Å². The van der Waals surface area contributed by atoms with Crippen molar-refractivity contribution in [2.75, 3.05) is 6.54 Å². The average molecular weight is 135 g/mol. The van der Waals surface area contributed by atoms with E-state index in [9.17, 15) is 8.60 Å². The molecule has 0 aromatic carbocycles. The quantitative estimate of drug-likeness (QED) is 0.429. The van der Waals surface area contributed by atoms with Crippen molar-refractivity contribution < 1.29 is 8.60 Å². The second-order valence-corrected chi connectivity index (χ2v) is 3.62. The lowest BCUT2D eigenvalue weighted by Gasteiger charge is -1.90. The summed E-state index contributed by atoms with van der Waals surface area (Å²) < 4.78 is 24.6. The van der Waals surface area contributed by atoms with E-state index < -0.39 is 17.2 Å². The van der Waals surface area contributed by atoms with Crippen molar-refractivity contribution in [3.63, 3.8) is 0 Å². The molecule has 0 aromatic rings. The highest BCUT2D eigenvalue weighted by Crippen LogP contribution is 2.38. The van der Waals surface area contributed by atoms with Crippen LogP contribution in [0, 0.1) is 0 Å². The Balaban J connectivity index is 2.17. The fourth-order valence-electron chi connectivity index (χ4n) is 1.10. The minimum Gasteiger partial charge on any atom is -0.245 e. The molecule has 0 bridgehead atoms. The Kier molecular flexibility index (Phi) is 0.794. The standard InChI is InChI=1S/C4H6FNOS/c5-3-1-2-6-4(3)8(6)7/h3-4H,1-2H2. The molecular formula is C4H6FNOS. The zero-order chi connectivity index (χ0) is 5.72. The first kappa shape index (κ1) is 4.88. The topological polar surface area (TPSA) is 20.1 Å². The summed E-state index contributed by atoms with van der Waals surface area (Å²) in [5.41, 5.74) is 0. The van der Waals surface area contributed by atoms with Gasteiger partial charge < -0.3 is 0 Å². The summed E-state index contributed by atoms with van der Waals surface area (Å²) in [6.07, 6.45) is -0.230. The van der Waals surface area contributed by atoms with Gasteiger partial charge in [0, 0.05) is 6.54 Å². The SMILES string of the molecule is O=S1C2C(F)CCN21. The lowest BCUT2D eigenvalue weighted by atomic mass is 10.3. The van der Waals surface area contributed by atoms with E-state index in [4.69, 9.17) is 0 Å². The van der Waals surface area contributed by atoms with Gasteiger partial charge in [0.1, 0.15) is 22.5 Å². The molecule has 4 atom stereocenters. The number of hydrogen-bond acceptors (Lipinski definition) is 1. The third kappa shape index (κ3) is 0.423. The molecule has 0 N–H and O–H groups in total. The first-order valence-electron chi connectivity index (χ1n) is 2.62. The van der Waals surface area contributed by atoms with Gasteiger partial charge in [-0.05, 0) is 6.42 Å². The van der Waals surface area contributed by atoms with Crippen molar-refractivity contribution in [1.29, 1.82) is 0 Å². The second-order valence-electron chi connectivity index (χ2n) is 2.11. The second kappa shape index (κ2) is 1.30. The summed E-state index contributed by atoms with van der Waals surface area (Å²) in [5, 5.41) is -0.213. The van der Waals surface area contributed by atoms with E-state index in [1.807, 2.05) is 0 Å². The minimum atomic E-state index is -0.929. The summed E-state index contributed by atoms with van der Waals surface area (Å²) in [6.45, 7) is 0.693. The molecule has 0 radical (unpaired) electrons. The molecule has 2 heterocycles. The molecule has 2 fully saturated rings. The molecule has 0 aliphatic carbocycles. The number of halogens is 1. The van der Waals surface area contributed by atoms with E-state index in [-0.39, 0.29) is 5.37 Å². The first-order valence-corrected chi connectivity index (χ1v) is 3.79. The molecule has 4 unspecified atom stereocenters. The molecule has 0 aromatic heterocycles. The van der Waals surface area contributed by atoms with Crippen LogP contribution < -0.4 is 0 Å². The van der Waals surface area contributed by atoms with Crippen LogP contribution in [-0.2, 0) is 11.0 Å². The monoisotopic (exact) mass is 135 g/mol. The van der Waals surface area contributed by atoms with Gasteiger partial charge in [-0.3, -0.25) is 0 Å². The maximum absolute atomic E-state index is 12.4. The van der Waals surface area contributed by atoms with E-state index in [0.29, 0.717) is 13.0 Å². The highest BCUT2D eigenvalue weighted by atomic mass is 32.2. The molecule has 46 valence electrons. The lowest BCUT2D eigenvalue weighted by Crippen LogP contribution is -2.03. The van der Waals surface area contributed by atoms with Gasteiger partial charge >= 0.3 is 0 Å². The van der Waals surface area contributed by atoms with Crippen molar-refractivity contribution in [1.82, 2.24) is 4.31 Å². The normalized spacial score (nSPS) is 60.6. The first-order chi connectivity index (χ1) is 3.80. The Hall–Kier alpha value is 0.0400. The van der Waals surface area contributed by atoms with Gasteiger partial charge in [0.05, 0.1) is 0 Å². The van der Waals surface area contributed by atoms with E-state index in [0.717, 1.165) is 0 Å². The molecule has 2 rings (SSSR count). The van der Waals surface area contributed by atoms with E-state index >= 15 is 0 Å². The molecule has 0 spiro atoms. The number of fused-ring (bicyclic) bond motifs is 1. The zero-order valence-corrected chi connectivity index (χ0v) is 5.03. The summed E-state index contributed by atoms with van der Waals surface area (Å²) in [7, 11) is -0.929. The van der Waals surface area contributed by atoms with Crippen LogP contribution in [0.3, 0.4) is 0 Å². The summed E-state index contributed by atoms with van der Waals surface area (Å²) in [5.74, 6) is 0. The van der Waals surface area contributed by atoms with Gasteiger partial charge in [0.25, 0.3) is 0 Å². The van der Waals surface area contributed by atoms with Gasteiger partial charge in [-0.15, -0.1) is 0 Å². The molecule has 2 aliphatic rings. The van der Waals surface area contributed by atoms with Crippen LogP contribution >= 0.6 is 0 Å². The Morgan fingerprint density at radius 2 is 2.50 bits per heavy atom. The molecule has 2 nitrogen and oxygen atoms in total. The lowest BCUT2D eigenvalue weighted by molar-refractivity contribution is 0.350. The molecule has 2 saturated heterocycles. The third-order valence-corrected chi connectivity index (χ3v) is 3.23. The van der Waals surface area contributed by atoms with Crippen LogP contribution in [0.2, 0.25) is 0 Å². The smallest absolute Gasteiger partial charge is 0.143 e. The molecule has 0 amide bonds. The van der Waals surface area contributed by atoms with Crippen molar-refractivity contribution in [2.24, 2.45) is 0 Å². The van der Waals surface area contributed by atoms with Gasteiger partial charge in [-0.2, -0.15) is 0 Å². The predicted molar refractivity (Wildman–Crippen MR) is 28.1 cm³/mol. The summed E-state index contributed by atoms with van der Waals surface area (Å²) in [4.78, 5) is 0. The predicted octanol–water partition coefficient (Wildman–Crippen LogP) is 0.0336. The summed E-state index contributed by atoms with van der Waals surface area (Å²) in [6, 6.07) is 0. The molecule has 8 heavy (non-hydrogen) atoms. The fourth-order valence-corrected chi connectivity index (χ4v) is 2.49. The van der Waals surface area contributed by atoms with Crippen LogP contribution in [0.15, 0.2) is 0 Å². The molecule has 2 aliphatic heterocycles. The number of rotatable bonds is 0. The fraction of sp³-hybridized carbons (Fsp3) is 1.00. The zero-order valence-electron chi connectivity index (χ0n) is 4.21. The van der Waals surface area contributed by atoms with Crippen molar-refractivity contribution in [2.45, 2.75) is 18.0 Å². The van der Waals surface area contributed by atoms with Crippen LogP contribution in [0.1, 0.15) is 6.42 Å². The molecule has 0 saturated carbocycles. The van der Waals surface area contributed by atoms with Gasteiger partial charge in [0.2, 0.25) is 0 Å². The van der Waals surface area contributed by atoms with Crippen molar-refractivity contribution >= 4 is 11.0 Å². The van der Waals surface area contributed by atoms with Crippen LogP contribution in [0.5, 0.6) is 0 Å². The van der Waals surface area contributed by atoms with E-state index in [1.54, 1.807) is 4.31 Å². The maximum atomic E-state index is 12.4. The molecule has 4 heteroatoms. The van der Waals surface area contributed by atoms with Crippen LogP contribution in [0.25, 0.3) is 0 Å². The van der Waals surface area contributed by atoms with Gasteiger partial charge in [0.15, 0.2) is 0 Å². The number of alkyl halides is 1. The number of nitrogens with zero attached hydrogens (tertiary/aromatic N) is 1. The maximum Gasteiger partial charge on any atom is 0.143 e. The third-order valence-electron chi connectivity index (χ3n) is 1.61. The van der Waals surface area contributed by atoms with Crippen molar-refractivity contribution in [3.05, 3.63) is 0 Å². The highest BCUT2D eigenvalue weighted by molar-refractivity contribution is 7.89. The van der Waals surface area contributed by atoms with Gasteiger partial charge in [-0.25, -0.2) is 12.9 Å². The Morgan fingerprint density at radius 1 is 1.75 bits per heavy atom. The largest absolute Gasteiger partial charge is 0.245 e. The highest BCUT2D eigenvalue weighted by Gasteiger charge is 2.55. The summed E-state index contributed by atoms with van der Waals surface area (Å²) >= 11 is 0. The molecular weight excluding hydrogens is 129 g/mol. The van der Waals surface area contributed by atoms with Crippen LogP contribution in [-0.4, -0.2) is 26.6 Å². The Bertz CT molecular complexity index is 151. The van der Waals surface area contributed by atoms with Crippen LogP contribution in [0.4, 0.5) is 4.39 Å². The number of hydrogen-bond donors (Lipinski definition) is 0. The Morgan fingerprint density at radius 3 is 2.75 bits per heavy atom.